The van der Waals surface area contributed by atoms with Gasteiger partial charge >= 0.3 is 0 Å². The Labute approximate surface area is 65.6 Å². The van der Waals surface area contributed by atoms with Gasteiger partial charge in [0.25, 0.3) is 0 Å². The molecular weight excluding hydrogens is 144 g/mol. The number of hydrogen-bond acceptors (Lipinski definition) is 2. The minimum atomic E-state index is 0.783. The van der Waals surface area contributed by atoms with Crippen LogP contribution in [0.25, 0.3) is 0 Å². The van der Waals surface area contributed by atoms with Gasteiger partial charge in [-0.1, -0.05) is 13.0 Å². The molecule has 0 spiro atoms. The molecule has 1 nitrogen and oxygen atoms in total. The molecule has 0 N–H and O–H groups in total. The summed E-state index contributed by atoms with van der Waals surface area (Å²) in [4.78, 5) is 1.31. The summed E-state index contributed by atoms with van der Waals surface area (Å²) in [5.74, 6) is 0. The first kappa shape index (κ1) is 7.76. The zero-order valence-corrected chi connectivity index (χ0v) is 6.99. The first-order valence-corrected chi connectivity index (χ1v) is 4.41. The Morgan fingerprint density at radius 1 is 1.60 bits per heavy atom. The molecule has 1 rings (SSSR count). The smallest absolute Gasteiger partial charge is 0.0809 e. The molecule has 0 aliphatic heterocycles. The number of ether oxygens (including phenoxy) is 1. The highest BCUT2D eigenvalue weighted by Gasteiger charge is 1.90. The Hall–Kier alpha value is -0.340. The van der Waals surface area contributed by atoms with E-state index in [0.29, 0.717) is 0 Å². The predicted octanol–water partition coefficient (Wildman–Crippen LogP) is 2.67. The molecule has 0 unspecified atom stereocenters. The van der Waals surface area contributed by atoms with E-state index in [4.69, 9.17) is 4.74 Å². The SMILES string of the molecule is CCCOCc1cccs1. The van der Waals surface area contributed by atoms with Crippen LogP contribution in [0.3, 0.4) is 0 Å². The third-order valence-electron chi connectivity index (χ3n) is 1.17. The Morgan fingerprint density at radius 2 is 2.50 bits per heavy atom. The maximum Gasteiger partial charge on any atom is 0.0809 e. The van der Waals surface area contributed by atoms with Gasteiger partial charge in [0.1, 0.15) is 0 Å². The molecule has 2 heteroatoms. The second-order valence-corrected chi connectivity index (χ2v) is 3.16. The van der Waals surface area contributed by atoms with E-state index in [0.717, 1.165) is 19.6 Å². The summed E-state index contributed by atoms with van der Waals surface area (Å²) in [6.45, 7) is 3.78. The second-order valence-electron chi connectivity index (χ2n) is 2.13. The molecule has 0 aliphatic rings. The fourth-order valence-corrected chi connectivity index (χ4v) is 1.35. The summed E-state index contributed by atoms with van der Waals surface area (Å²) in [7, 11) is 0. The third-order valence-corrected chi connectivity index (χ3v) is 2.02. The van der Waals surface area contributed by atoms with Crippen molar-refractivity contribution >= 4 is 11.3 Å². The highest BCUT2D eigenvalue weighted by Crippen LogP contribution is 2.09. The summed E-state index contributed by atoms with van der Waals surface area (Å²) in [6, 6.07) is 4.15. The van der Waals surface area contributed by atoms with Crippen molar-refractivity contribution in [2.24, 2.45) is 0 Å². The molecule has 0 radical (unpaired) electrons. The summed E-state index contributed by atoms with van der Waals surface area (Å²) in [5.41, 5.74) is 0. The molecule has 0 saturated carbocycles. The van der Waals surface area contributed by atoms with E-state index < -0.39 is 0 Å². The minimum absolute atomic E-state index is 0.783. The first-order chi connectivity index (χ1) is 4.93. The average Bonchev–Trinajstić information content (AvgIpc) is 2.41. The van der Waals surface area contributed by atoms with Crippen LogP contribution in [0, 0.1) is 0 Å². The molecule has 1 aromatic rings. The highest BCUT2D eigenvalue weighted by atomic mass is 32.1. The number of rotatable bonds is 4. The first-order valence-electron chi connectivity index (χ1n) is 3.53. The van der Waals surface area contributed by atoms with Crippen LogP contribution in [0.15, 0.2) is 17.5 Å². The van der Waals surface area contributed by atoms with Crippen LogP contribution in [-0.2, 0) is 11.3 Å². The van der Waals surface area contributed by atoms with E-state index in [2.05, 4.69) is 24.4 Å². The van der Waals surface area contributed by atoms with Crippen LogP contribution < -0.4 is 0 Å². The van der Waals surface area contributed by atoms with E-state index in [9.17, 15) is 0 Å². The van der Waals surface area contributed by atoms with Crippen LogP contribution in [0.1, 0.15) is 18.2 Å². The molecule has 10 heavy (non-hydrogen) atoms. The number of hydrogen-bond donors (Lipinski definition) is 0. The molecule has 0 aromatic carbocycles. The van der Waals surface area contributed by atoms with Gasteiger partial charge in [-0.2, -0.15) is 0 Å². The van der Waals surface area contributed by atoms with Crippen molar-refractivity contribution in [2.45, 2.75) is 20.0 Å². The fourth-order valence-electron chi connectivity index (χ4n) is 0.712. The van der Waals surface area contributed by atoms with Gasteiger partial charge in [-0.15, -0.1) is 11.3 Å². The van der Waals surface area contributed by atoms with Gasteiger partial charge < -0.3 is 4.74 Å². The molecule has 1 aromatic heterocycles. The minimum Gasteiger partial charge on any atom is -0.376 e. The molecule has 0 bridgehead atoms. The standard InChI is InChI=1S/C8H12OS/c1-2-5-9-7-8-4-3-6-10-8/h3-4,6H,2,5,7H2,1H3. The van der Waals surface area contributed by atoms with Gasteiger partial charge in [0.2, 0.25) is 0 Å². The van der Waals surface area contributed by atoms with E-state index >= 15 is 0 Å². The lowest BCUT2D eigenvalue weighted by molar-refractivity contribution is 0.123. The molecule has 0 atom stereocenters. The summed E-state index contributed by atoms with van der Waals surface area (Å²) in [6.07, 6.45) is 1.10. The highest BCUT2D eigenvalue weighted by molar-refractivity contribution is 7.09. The Kier molecular flexibility index (Phi) is 3.47. The van der Waals surface area contributed by atoms with Gasteiger partial charge in [-0.3, -0.25) is 0 Å². The fraction of sp³-hybridized carbons (Fsp3) is 0.500. The van der Waals surface area contributed by atoms with Gasteiger partial charge in [-0.05, 0) is 17.9 Å². The van der Waals surface area contributed by atoms with Crippen LogP contribution in [0.2, 0.25) is 0 Å². The van der Waals surface area contributed by atoms with Crippen molar-refractivity contribution in [1.29, 1.82) is 0 Å². The van der Waals surface area contributed by atoms with Crippen molar-refractivity contribution in [2.75, 3.05) is 6.61 Å². The molecular formula is C8H12OS. The van der Waals surface area contributed by atoms with E-state index in [1.807, 2.05) is 0 Å². The molecule has 0 aliphatic carbocycles. The summed E-state index contributed by atoms with van der Waals surface area (Å²) >= 11 is 1.75. The summed E-state index contributed by atoms with van der Waals surface area (Å²) in [5, 5.41) is 2.07. The quantitative estimate of drug-likeness (QED) is 0.609. The third kappa shape index (κ3) is 2.50. The van der Waals surface area contributed by atoms with Crippen molar-refractivity contribution in [3.63, 3.8) is 0 Å². The van der Waals surface area contributed by atoms with E-state index in [-0.39, 0.29) is 0 Å². The Bertz CT molecular complexity index is 158. The van der Waals surface area contributed by atoms with Gasteiger partial charge in [-0.25, -0.2) is 0 Å². The van der Waals surface area contributed by atoms with Crippen LogP contribution >= 0.6 is 11.3 Å². The lowest BCUT2D eigenvalue weighted by atomic mass is 10.5. The molecule has 0 saturated heterocycles. The maximum absolute atomic E-state index is 5.34. The maximum atomic E-state index is 5.34. The lowest BCUT2D eigenvalue weighted by Gasteiger charge is -1.97. The van der Waals surface area contributed by atoms with Crippen LogP contribution in [-0.4, -0.2) is 6.61 Å². The van der Waals surface area contributed by atoms with Gasteiger partial charge in [0, 0.05) is 11.5 Å². The monoisotopic (exact) mass is 156 g/mol. The Balaban J connectivity index is 2.15. The topological polar surface area (TPSA) is 9.23 Å². The molecule has 0 fully saturated rings. The molecule has 1 heterocycles. The summed E-state index contributed by atoms with van der Waals surface area (Å²) < 4.78 is 5.34. The van der Waals surface area contributed by atoms with Gasteiger partial charge in [0.05, 0.1) is 6.61 Å². The molecule has 56 valence electrons. The van der Waals surface area contributed by atoms with E-state index in [1.165, 1.54) is 4.88 Å². The van der Waals surface area contributed by atoms with E-state index in [1.54, 1.807) is 11.3 Å². The largest absolute Gasteiger partial charge is 0.376 e. The predicted molar refractivity (Wildman–Crippen MR) is 44.3 cm³/mol. The normalized spacial score (nSPS) is 10.1. The average molecular weight is 156 g/mol. The van der Waals surface area contributed by atoms with Crippen molar-refractivity contribution in [3.8, 4) is 0 Å². The molecule has 0 amide bonds. The van der Waals surface area contributed by atoms with Crippen molar-refractivity contribution in [3.05, 3.63) is 22.4 Å². The lowest BCUT2D eigenvalue weighted by Crippen LogP contribution is -1.90. The Morgan fingerprint density at radius 3 is 3.10 bits per heavy atom. The van der Waals surface area contributed by atoms with Crippen molar-refractivity contribution in [1.82, 2.24) is 0 Å². The van der Waals surface area contributed by atoms with Crippen molar-refractivity contribution < 1.29 is 4.74 Å². The second kappa shape index (κ2) is 4.47. The zero-order chi connectivity index (χ0) is 7.23. The number of thiophene rings is 1. The van der Waals surface area contributed by atoms with Crippen LogP contribution in [0.4, 0.5) is 0 Å². The van der Waals surface area contributed by atoms with Crippen LogP contribution in [0.5, 0.6) is 0 Å². The van der Waals surface area contributed by atoms with Gasteiger partial charge in [0.15, 0.2) is 0 Å². The zero-order valence-electron chi connectivity index (χ0n) is 6.17.